The molecule has 1 saturated heterocycles. The van der Waals surface area contributed by atoms with Gasteiger partial charge in [0.25, 0.3) is 0 Å². The van der Waals surface area contributed by atoms with Gasteiger partial charge in [-0.3, -0.25) is 19.2 Å². The van der Waals surface area contributed by atoms with Gasteiger partial charge < -0.3 is 14.9 Å². The Bertz CT molecular complexity index is 468. The zero-order valence-corrected chi connectivity index (χ0v) is 9.63. The van der Waals surface area contributed by atoms with Gasteiger partial charge in [0.05, 0.1) is 11.3 Å². The van der Waals surface area contributed by atoms with Crippen molar-refractivity contribution in [1.82, 2.24) is 0 Å². The van der Waals surface area contributed by atoms with Crippen LogP contribution in [0.1, 0.15) is 26.2 Å². The van der Waals surface area contributed by atoms with Gasteiger partial charge in [0.15, 0.2) is 5.41 Å². The molecular formula is C11H12O7. The number of fused-ring (bicyclic) bond motifs is 1. The Morgan fingerprint density at radius 3 is 2.39 bits per heavy atom. The van der Waals surface area contributed by atoms with Crippen molar-refractivity contribution in [1.29, 1.82) is 0 Å². The molecule has 1 heterocycles. The van der Waals surface area contributed by atoms with E-state index in [0.717, 1.165) is 0 Å². The average molecular weight is 256 g/mol. The molecule has 0 aromatic heterocycles. The minimum atomic E-state index is -2.30. The molecule has 1 aliphatic carbocycles. The smallest absolute Gasteiger partial charge is 0.333 e. The van der Waals surface area contributed by atoms with Gasteiger partial charge in [-0.2, -0.15) is 0 Å². The van der Waals surface area contributed by atoms with Crippen LogP contribution in [0, 0.1) is 16.7 Å². The lowest BCUT2D eigenvalue weighted by Gasteiger charge is -2.41. The standard InChI is InChI=1S/C11H12O7/c1-10-4-2-3-5(6(12)13)11(10,7(14)15)9(17)18-8(10)16/h5H,2-4H2,1H3,(H,12,13)(H,14,15). The van der Waals surface area contributed by atoms with E-state index in [-0.39, 0.29) is 12.8 Å². The highest BCUT2D eigenvalue weighted by Crippen LogP contribution is 2.59. The van der Waals surface area contributed by atoms with E-state index >= 15 is 0 Å². The first-order chi connectivity index (χ1) is 8.28. The molecule has 98 valence electrons. The average Bonchev–Trinajstić information content (AvgIpc) is 2.47. The summed E-state index contributed by atoms with van der Waals surface area (Å²) in [5, 5.41) is 18.5. The molecule has 0 spiro atoms. The molecule has 2 fully saturated rings. The highest BCUT2D eigenvalue weighted by molar-refractivity contribution is 6.15. The highest BCUT2D eigenvalue weighted by Gasteiger charge is 2.76. The Labute approximate surface area is 102 Å². The summed E-state index contributed by atoms with van der Waals surface area (Å²) in [6.45, 7) is 1.30. The van der Waals surface area contributed by atoms with Crippen LogP contribution in [0.3, 0.4) is 0 Å². The monoisotopic (exact) mass is 256 g/mol. The summed E-state index contributed by atoms with van der Waals surface area (Å²) in [7, 11) is 0. The third-order valence-corrected chi connectivity index (χ3v) is 4.16. The number of rotatable bonds is 2. The second-order valence-corrected chi connectivity index (χ2v) is 4.91. The van der Waals surface area contributed by atoms with Crippen LogP contribution < -0.4 is 0 Å². The number of esters is 2. The number of carbonyl (C=O) groups is 4. The van der Waals surface area contributed by atoms with Gasteiger partial charge in [0.1, 0.15) is 0 Å². The summed E-state index contributed by atoms with van der Waals surface area (Å²) in [5.41, 5.74) is -3.90. The van der Waals surface area contributed by atoms with Gasteiger partial charge in [-0.1, -0.05) is 6.42 Å². The molecule has 3 atom stereocenters. The molecule has 0 radical (unpaired) electrons. The minimum absolute atomic E-state index is 0.0413. The maximum atomic E-state index is 11.8. The molecule has 1 saturated carbocycles. The van der Waals surface area contributed by atoms with Crippen LogP contribution in [0.15, 0.2) is 0 Å². The van der Waals surface area contributed by atoms with Crippen molar-refractivity contribution >= 4 is 23.9 Å². The molecule has 0 bridgehead atoms. The van der Waals surface area contributed by atoms with Crippen molar-refractivity contribution in [3.8, 4) is 0 Å². The van der Waals surface area contributed by atoms with Crippen molar-refractivity contribution in [2.24, 2.45) is 16.7 Å². The maximum Gasteiger partial charge on any atom is 0.333 e. The number of hydrogen-bond acceptors (Lipinski definition) is 5. The largest absolute Gasteiger partial charge is 0.481 e. The molecule has 0 aromatic carbocycles. The molecule has 18 heavy (non-hydrogen) atoms. The molecule has 2 N–H and O–H groups in total. The summed E-state index contributed by atoms with van der Waals surface area (Å²) in [4.78, 5) is 46.3. The fourth-order valence-corrected chi connectivity index (χ4v) is 3.15. The summed E-state index contributed by atoms with van der Waals surface area (Å²) < 4.78 is 4.43. The quantitative estimate of drug-likeness (QED) is 0.528. The van der Waals surface area contributed by atoms with E-state index in [1.165, 1.54) is 6.92 Å². The van der Waals surface area contributed by atoms with Gasteiger partial charge in [-0.25, -0.2) is 0 Å². The van der Waals surface area contributed by atoms with Crippen LogP contribution in [-0.2, 0) is 23.9 Å². The zero-order chi connectivity index (χ0) is 13.7. The van der Waals surface area contributed by atoms with E-state index < -0.39 is 40.6 Å². The number of ether oxygens (including phenoxy) is 1. The first kappa shape index (κ1) is 12.5. The van der Waals surface area contributed by atoms with E-state index in [4.69, 9.17) is 5.11 Å². The third kappa shape index (κ3) is 1.13. The summed E-state index contributed by atoms with van der Waals surface area (Å²) in [5.74, 6) is -6.63. The molecule has 7 heteroatoms. The van der Waals surface area contributed by atoms with E-state index in [1.807, 2.05) is 0 Å². The first-order valence-electron chi connectivity index (χ1n) is 5.51. The van der Waals surface area contributed by atoms with E-state index in [0.29, 0.717) is 6.42 Å². The van der Waals surface area contributed by atoms with Crippen molar-refractivity contribution in [2.45, 2.75) is 26.2 Å². The molecule has 2 rings (SSSR count). The number of carbonyl (C=O) groups excluding carboxylic acids is 2. The van der Waals surface area contributed by atoms with Gasteiger partial charge in [-0.05, 0) is 19.8 Å². The lowest BCUT2D eigenvalue weighted by molar-refractivity contribution is -0.181. The van der Waals surface area contributed by atoms with Crippen LogP contribution in [0.4, 0.5) is 0 Å². The molecule has 2 aliphatic rings. The van der Waals surface area contributed by atoms with Gasteiger partial charge in [0.2, 0.25) is 0 Å². The Hall–Kier alpha value is -1.92. The van der Waals surface area contributed by atoms with Gasteiger partial charge in [0, 0.05) is 0 Å². The summed E-state index contributed by atoms with van der Waals surface area (Å²) in [6, 6.07) is 0. The van der Waals surface area contributed by atoms with E-state index in [1.54, 1.807) is 0 Å². The van der Waals surface area contributed by atoms with E-state index in [9.17, 15) is 24.3 Å². The van der Waals surface area contributed by atoms with E-state index in [2.05, 4.69) is 4.74 Å². The molecule has 0 amide bonds. The number of cyclic esters (lactones) is 2. The van der Waals surface area contributed by atoms with Crippen LogP contribution in [0.2, 0.25) is 0 Å². The predicted molar refractivity (Wildman–Crippen MR) is 54.3 cm³/mol. The molecular weight excluding hydrogens is 244 g/mol. The maximum absolute atomic E-state index is 11.8. The van der Waals surface area contributed by atoms with Crippen molar-refractivity contribution in [3.05, 3.63) is 0 Å². The zero-order valence-electron chi connectivity index (χ0n) is 9.63. The van der Waals surface area contributed by atoms with Crippen molar-refractivity contribution in [3.63, 3.8) is 0 Å². The lowest BCUT2D eigenvalue weighted by Crippen LogP contribution is -2.58. The van der Waals surface area contributed by atoms with Crippen molar-refractivity contribution < 1.29 is 34.1 Å². The second-order valence-electron chi connectivity index (χ2n) is 4.91. The SMILES string of the molecule is CC12CCCC(C(=O)O)C1(C(=O)O)C(=O)OC2=O. The minimum Gasteiger partial charge on any atom is -0.481 e. The number of hydrogen-bond donors (Lipinski definition) is 2. The topological polar surface area (TPSA) is 118 Å². The Kier molecular flexibility index (Phi) is 2.46. The van der Waals surface area contributed by atoms with Crippen molar-refractivity contribution in [2.75, 3.05) is 0 Å². The Morgan fingerprint density at radius 1 is 1.28 bits per heavy atom. The highest BCUT2D eigenvalue weighted by atomic mass is 16.6. The number of aliphatic carboxylic acids is 2. The van der Waals surface area contributed by atoms with Crippen LogP contribution in [-0.4, -0.2) is 34.1 Å². The fourth-order valence-electron chi connectivity index (χ4n) is 3.15. The summed E-state index contributed by atoms with van der Waals surface area (Å²) >= 11 is 0. The van der Waals surface area contributed by atoms with Crippen LogP contribution in [0.25, 0.3) is 0 Å². The van der Waals surface area contributed by atoms with Gasteiger partial charge >= 0.3 is 23.9 Å². The third-order valence-electron chi connectivity index (χ3n) is 4.16. The molecule has 3 unspecified atom stereocenters. The molecule has 7 nitrogen and oxygen atoms in total. The Morgan fingerprint density at radius 2 is 1.89 bits per heavy atom. The van der Waals surface area contributed by atoms with Crippen LogP contribution in [0.5, 0.6) is 0 Å². The number of carboxylic acid groups (broad SMARTS) is 2. The summed E-state index contributed by atoms with van der Waals surface area (Å²) in [6.07, 6.45) is 0.540. The van der Waals surface area contributed by atoms with Gasteiger partial charge in [-0.15, -0.1) is 0 Å². The first-order valence-corrected chi connectivity index (χ1v) is 5.51. The Balaban J connectivity index is 2.70. The lowest BCUT2D eigenvalue weighted by atomic mass is 9.53. The molecule has 0 aromatic rings. The normalized spacial score (nSPS) is 39.1. The predicted octanol–water partition coefficient (Wildman–Crippen LogP) is 0.0318. The second kappa shape index (κ2) is 3.54. The fraction of sp³-hybridized carbons (Fsp3) is 0.636. The molecule has 1 aliphatic heterocycles. The van der Waals surface area contributed by atoms with Crippen LogP contribution >= 0.6 is 0 Å². The number of carboxylic acids is 2.